The summed E-state index contributed by atoms with van der Waals surface area (Å²) in [6.07, 6.45) is 5.23. The minimum atomic E-state index is -0.856. The average molecular weight is 588 g/mol. The molecule has 0 aromatic heterocycles. The molecule has 1 aromatic carbocycles. The van der Waals surface area contributed by atoms with Crippen LogP contribution in [0.2, 0.25) is 5.02 Å². The van der Waals surface area contributed by atoms with Crippen LogP contribution in [0.15, 0.2) is 43.5 Å². The lowest BCUT2D eigenvalue weighted by molar-refractivity contribution is -0.146. The van der Waals surface area contributed by atoms with E-state index in [1.54, 1.807) is 51.7 Å². The molecule has 2 bridgehead atoms. The van der Waals surface area contributed by atoms with Gasteiger partial charge in [0.1, 0.15) is 6.04 Å². The van der Waals surface area contributed by atoms with Crippen LogP contribution in [0.4, 0.5) is 5.69 Å². The van der Waals surface area contributed by atoms with Crippen LogP contribution in [-0.4, -0.2) is 80.9 Å². The number of benzene rings is 1. The number of likely N-dealkylation sites (tertiary alicyclic amines) is 1. The topological polar surface area (TPSA) is 81.2 Å². The molecule has 1 N–H and O–H groups in total. The van der Waals surface area contributed by atoms with Gasteiger partial charge < -0.3 is 19.8 Å². The molecule has 3 saturated heterocycles. The van der Waals surface area contributed by atoms with Gasteiger partial charge in [-0.3, -0.25) is 14.4 Å². The van der Waals surface area contributed by atoms with Crippen LogP contribution in [0.3, 0.4) is 0 Å². The number of aryl methyl sites for hydroxylation is 1. The molecule has 3 fully saturated rings. The number of aliphatic hydroxyl groups is 1. The summed E-state index contributed by atoms with van der Waals surface area (Å²) in [6, 6.07) is 4.09. The van der Waals surface area contributed by atoms with Crippen molar-refractivity contribution in [1.82, 2.24) is 9.80 Å². The zero-order valence-corrected chi connectivity index (χ0v) is 25.8. The molecule has 6 atom stereocenters. The van der Waals surface area contributed by atoms with E-state index in [9.17, 15) is 19.5 Å². The van der Waals surface area contributed by atoms with Gasteiger partial charge in [0, 0.05) is 24.9 Å². The van der Waals surface area contributed by atoms with Crippen LogP contribution in [0.5, 0.6) is 0 Å². The number of rotatable bonds is 11. The van der Waals surface area contributed by atoms with Gasteiger partial charge in [0.05, 0.1) is 39.9 Å². The number of amides is 3. The summed E-state index contributed by atoms with van der Waals surface area (Å²) in [5.74, 6) is -1.61. The average Bonchev–Trinajstić information content (AvgIpc) is 3.46. The van der Waals surface area contributed by atoms with Crippen LogP contribution in [-0.2, 0) is 14.4 Å². The second kappa shape index (κ2) is 11.5. The monoisotopic (exact) mass is 587 g/mol. The second-order valence-corrected chi connectivity index (χ2v) is 14.4. The van der Waals surface area contributed by atoms with Gasteiger partial charge in [0.15, 0.2) is 0 Å². The van der Waals surface area contributed by atoms with E-state index < -0.39 is 33.4 Å². The SMILES string of the molecule is C=CCN(C)C(=O)[C@@H]1[C@H]2C(=O)N([C@@H](CO)CC(C)C)C(C(=O)N(CC=C)c3c(C)cccc3Cl)C23CC[C@@]1(C)S3. The largest absolute Gasteiger partial charge is 0.394 e. The number of halogens is 1. The van der Waals surface area contributed by atoms with Crippen molar-refractivity contribution in [3.05, 3.63) is 54.1 Å². The number of hydrogen-bond acceptors (Lipinski definition) is 5. The smallest absolute Gasteiger partial charge is 0.251 e. The van der Waals surface area contributed by atoms with Crippen molar-refractivity contribution in [1.29, 1.82) is 0 Å². The Morgan fingerprint density at radius 3 is 2.48 bits per heavy atom. The predicted molar refractivity (Wildman–Crippen MR) is 162 cm³/mol. The number of likely N-dealkylation sites (N-methyl/N-ethyl adjacent to an activating group) is 1. The minimum Gasteiger partial charge on any atom is -0.394 e. The summed E-state index contributed by atoms with van der Waals surface area (Å²) in [5.41, 5.74) is 1.43. The number of carbonyl (C=O) groups is 3. The third-order valence-corrected chi connectivity index (χ3v) is 11.2. The van der Waals surface area contributed by atoms with E-state index >= 15 is 0 Å². The molecule has 0 saturated carbocycles. The maximum atomic E-state index is 14.9. The molecule has 9 heteroatoms. The van der Waals surface area contributed by atoms with Gasteiger partial charge in [-0.05, 0) is 50.7 Å². The third-order valence-electron chi connectivity index (χ3n) is 8.88. The van der Waals surface area contributed by atoms with E-state index in [0.29, 0.717) is 30.1 Å². The molecule has 40 heavy (non-hydrogen) atoms. The number of para-hydroxylation sites is 1. The highest BCUT2D eigenvalue weighted by molar-refractivity contribution is 8.02. The van der Waals surface area contributed by atoms with E-state index in [0.717, 1.165) is 12.0 Å². The first kappa shape index (κ1) is 30.7. The van der Waals surface area contributed by atoms with Crippen molar-refractivity contribution in [2.24, 2.45) is 17.8 Å². The van der Waals surface area contributed by atoms with E-state index in [1.807, 2.05) is 32.9 Å². The van der Waals surface area contributed by atoms with Crippen molar-refractivity contribution in [3.8, 4) is 0 Å². The number of hydrogen-bond donors (Lipinski definition) is 1. The Morgan fingerprint density at radius 1 is 1.23 bits per heavy atom. The molecular formula is C31H42ClN3O4S. The molecule has 3 amide bonds. The lowest BCUT2D eigenvalue weighted by Crippen LogP contribution is -2.58. The third kappa shape index (κ3) is 4.80. The normalized spacial score (nSPS) is 29.4. The molecule has 0 aliphatic carbocycles. The van der Waals surface area contributed by atoms with Crippen molar-refractivity contribution >= 4 is 46.8 Å². The highest BCUT2D eigenvalue weighted by Gasteiger charge is 2.78. The Balaban J connectivity index is 1.89. The molecule has 4 rings (SSSR count). The van der Waals surface area contributed by atoms with Crippen LogP contribution >= 0.6 is 23.4 Å². The number of nitrogens with zero attached hydrogens (tertiary/aromatic N) is 3. The molecule has 1 aromatic rings. The van der Waals surface area contributed by atoms with Gasteiger partial charge in [-0.15, -0.1) is 24.9 Å². The first-order chi connectivity index (χ1) is 18.9. The molecule has 3 heterocycles. The number of carbonyl (C=O) groups excluding carboxylic acids is 3. The zero-order valence-electron chi connectivity index (χ0n) is 24.2. The summed E-state index contributed by atoms with van der Waals surface area (Å²) in [7, 11) is 1.73. The maximum Gasteiger partial charge on any atom is 0.251 e. The first-order valence-corrected chi connectivity index (χ1v) is 15.2. The molecule has 1 spiro atoms. The number of fused-ring (bicyclic) bond motifs is 1. The van der Waals surface area contributed by atoms with E-state index in [2.05, 4.69) is 20.1 Å². The first-order valence-electron chi connectivity index (χ1n) is 14.0. The van der Waals surface area contributed by atoms with Crippen LogP contribution in [0, 0.1) is 24.7 Å². The summed E-state index contributed by atoms with van der Waals surface area (Å²) in [4.78, 5) is 48.2. The lowest BCUT2D eigenvalue weighted by atomic mass is 9.66. The van der Waals surface area contributed by atoms with Crippen molar-refractivity contribution < 1.29 is 19.5 Å². The summed E-state index contributed by atoms with van der Waals surface area (Å²) >= 11 is 8.29. The molecule has 7 nitrogen and oxygen atoms in total. The Morgan fingerprint density at radius 2 is 1.90 bits per heavy atom. The molecule has 3 aliphatic rings. The van der Waals surface area contributed by atoms with Gasteiger partial charge >= 0.3 is 0 Å². The second-order valence-electron chi connectivity index (χ2n) is 12.1. The standard InChI is InChI=1S/C31H42ClN3O4S/c1-8-15-33(7)27(37)23-24-28(38)35(21(18-36)17-19(3)4)26(31(24)14-13-30(23,6)40-31)29(39)34(16-9-2)25-20(5)11-10-12-22(25)32/h8-12,19,21,23-24,26,36H,1-2,13-18H2,3-7H3/t21-,23+,24+,26?,30-,31?/m1/s1. The summed E-state index contributed by atoms with van der Waals surface area (Å²) in [5, 5.41) is 11.0. The summed E-state index contributed by atoms with van der Waals surface area (Å²) < 4.78 is -1.27. The van der Waals surface area contributed by atoms with Crippen molar-refractivity contribution in [3.63, 3.8) is 0 Å². The Labute approximate surface area is 247 Å². The highest BCUT2D eigenvalue weighted by Crippen LogP contribution is 2.72. The van der Waals surface area contributed by atoms with Crippen LogP contribution in [0.25, 0.3) is 0 Å². The number of anilines is 1. The van der Waals surface area contributed by atoms with E-state index in [-0.39, 0.29) is 36.8 Å². The Hall–Kier alpha value is -2.29. The van der Waals surface area contributed by atoms with Gasteiger partial charge in [0.25, 0.3) is 5.91 Å². The maximum absolute atomic E-state index is 14.9. The van der Waals surface area contributed by atoms with Crippen LogP contribution < -0.4 is 4.90 Å². The number of thioether (sulfide) groups is 1. The molecular weight excluding hydrogens is 546 g/mol. The van der Waals surface area contributed by atoms with Crippen molar-refractivity contribution in [2.45, 2.75) is 68.5 Å². The van der Waals surface area contributed by atoms with Gasteiger partial charge in [-0.1, -0.05) is 49.7 Å². The van der Waals surface area contributed by atoms with E-state index in [1.165, 1.54) is 0 Å². The van der Waals surface area contributed by atoms with Gasteiger partial charge in [0.2, 0.25) is 11.8 Å². The molecule has 2 unspecified atom stereocenters. The molecule has 218 valence electrons. The highest BCUT2D eigenvalue weighted by atomic mass is 35.5. The Bertz CT molecular complexity index is 1190. The van der Waals surface area contributed by atoms with Crippen LogP contribution in [0.1, 0.15) is 45.6 Å². The summed E-state index contributed by atoms with van der Waals surface area (Å²) in [6.45, 7) is 16.0. The minimum absolute atomic E-state index is 0.0998. The van der Waals surface area contributed by atoms with Crippen molar-refractivity contribution in [2.75, 3.05) is 31.6 Å². The fourth-order valence-corrected chi connectivity index (χ4v) is 9.94. The van der Waals surface area contributed by atoms with Gasteiger partial charge in [-0.2, -0.15) is 0 Å². The zero-order chi connectivity index (χ0) is 29.6. The van der Waals surface area contributed by atoms with Gasteiger partial charge in [-0.25, -0.2) is 0 Å². The number of aliphatic hydroxyl groups excluding tert-OH is 1. The lowest BCUT2D eigenvalue weighted by Gasteiger charge is -2.40. The molecule has 3 aliphatic heterocycles. The van der Waals surface area contributed by atoms with E-state index in [4.69, 9.17) is 11.6 Å². The quantitative estimate of drug-likeness (QED) is 0.380. The Kier molecular flexibility index (Phi) is 8.84. The molecule has 0 radical (unpaired) electrons. The fourth-order valence-electron chi connectivity index (χ4n) is 7.29. The fraction of sp³-hybridized carbons (Fsp3) is 0.581. The predicted octanol–water partition coefficient (Wildman–Crippen LogP) is 4.70.